The van der Waals surface area contributed by atoms with E-state index in [0.717, 1.165) is 31.9 Å². The number of hydrogen-bond acceptors (Lipinski definition) is 5. The van der Waals surface area contributed by atoms with Gasteiger partial charge in [0.05, 0.1) is 6.26 Å². The number of amides is 1. The molecule has 114 valence electrons. The van der Waals surface area contributed by atoms with E-state index < -0.39 is 0 Å². The number of carbonyl (C=O) groups excluding carboxylic acids is 1. The van der Waals surface area contributed by atoms with Gasteiger partial charge in [0, 0.05) is 37.6 Å². The quantitative estimate of drug-likeness (QED) is 0.872. The maximum atomic E-state index is 11.9. The van der Waals surface area contributed by atoms with Crippen LogP contribution in [0, 0.1) is 0 Å². The third-order valence-electron chi connectivity index (χ3n) is 3.62. The van der Waals surface area contributed by atoms with Gasteiger partial charge in [-0.3, -0.25) is 4.79 Å². The van der Waals surface area contributed by atoms with Crippen molar-refractivity contribution in [1.82, 2.24) is 15.3 Å². The van der Waals surface area contributed by atoms with Crippen molar-refractivity contribution in [1.29, 1.82) is 0 Å². The first kappa shape index (κ1) is 14.3. The van der Waals surface area contributed by atoms with Crippen LogP contribution in [-0.4, -0.2) is 35.0 Å². The van der Waals surface area contributed by atoms with Gasteiger partial charge < -0.3 is 14.6 Å². The summed E-state index contributed by atoms with van der Waals surface area (Å²) < 4.78 is 5.15. The van der Waals surface area contributed by atoms with Crippen molar-refractivity contribution in [2.75, 3.05) is 18.0 Å². The Morgan fingerprint density at radius 2 is 2.05 bits per heavy atom. The SMILES string of the molecule is O=C(C=Cc1ccco1)NC1CCN(c2ncccn2)CC1. The van der Waals surface area contributed by atoms with Gasteiger partial charge in [-0.05, 0) is 37.1 Å². The highest BCUT2D eigenvalue weighted by molar-refractivity contribution is 5.91. The summed E-state index contributed by atoms with van der Waals surface area (Å²) >= 11 is 0. The van der Waals surface area contributed by atoms with Crippen molar-refractivity contribution < 1.29 is 9.21 Å². The normalized spacial score (nSPS) is 16.1. The van der Waals surface area contributed by atoms with Crippen LogP contribution in [0.5, 0.6) is 0 Å². The van der Waals surface area contributed by atoms with E-state index in [1.807, 2.05) is 12.1 Å². The van der Waals surface area contributed by atoms with E-state index in [1.165, 1.54) is 6.08 Å². The zero-order chi connectivity index (χ0) is 15.2. The minimum absolute atomic E-state index is 0.0918. The molecule has 1 aliphatic heterocycles. The van der Waals surface area contributed by atoms with E-state index in [4.69, 9.17) is 4.42 Å². The summed E-state index contributed by atoms with van der Waals surface area (Å²) in [5, 5.41) is 3.02. The predicted octanol–water partition coefficient (Wildman–Crippen LogP) is 1.87. The second kappa shape index (κ2) is 6.89. The van der Waals surface area contributed by atoms with Crippen LogP contribution in [0.4, 0.5) is 5.95 Å². The number of anilines is 1. The maximum absolute atomic E-state index is 11.9. The smallest absolute Gasteiger partial charge is 0.244 e. The summed E-state index contributed by atoms with van der Waals surface area (Å²) in [6.45, 7) is 1.69. The van der Waals surface area contributed by atoms with Crippen LogP contribution in [0.1, 0.15) is 18.6 Å². The first-order valence-corrected chi connectivity index (χ1v) is 7.35. The molecule has 3 heterocycles. The number of aromatic nitrogens is 2. The Kier molecular flexibility index (Phi) is 4.48. The van der Waals surface area contributed by atoms with Crippen LogP contribution in [0.2, 0.25) is 0 Å². The van der Waals surface area contributed by atoms with Crippen molar-refractivity contribution >= 4 is 17.9 Å². The van der Waals surface area contributed by atoms with E-state index >= 15 is 0 Å². The average molecular weight is 298 g/mol. The second-order valence-electron chi connectivity index (χ2n) is 5.17. The molecule has 3 rings (SSSR count). The summed E-state index contributed by atoms with van der Waals surface area (Å²) in [5.74, 6) is 1.34. The number of rotatable bonds is 4. The van der Waals surface area contributed by atoms with Gasteiger partial charge in [0.2, 0.25) is 11.9 Å². The molecule has 0 spiro atoms. The lowest BCUT2D eigenvalue weighted by Gasteiger charge is -2.32. The highest BCUT2D eigenvalue weighted by Crippen LogP contribution is 2.15. The highest BCUT2D eigenvalue weighted by atomic mass is 16.3. The molecule has 0 saturated carbocycles. The van der Waals surface area contributed by atoms with Crippen LogP contribution < -0.4 is 10.2 Å². The molecule has 1 fully saturated rings. The van der Waals surface area contributed by atoms with Gasteiger partial charge in [-0.2, -0.15) is 0 Å². The van der Waals surface area contributed by atoms with Gasteiger partial charge in [-0.25, -0.2) is 9.97 Å². The number of hydrogen-bond donors (Lipinski definition) is 1. The third kappa shape index (κ3) is 3.72. The molecule has 0 aromatic carbocycles. The maximum Gasteiger partial charge on any atom is 0.244 e. The first-order chi connectivity index (χ1) is 10.8. The molecule has 0 radical (unpaired) electrons. The summed E-state index contributed by atoms with van der Waals surface area (Å²) in [6, 6.07) is 5.59. The van der Waals surface area contributed by atoms with Crippen LogP contribution in [0.25, 0.3) is 6.08 Å². The lowest BCUT2D eigenvalue weighted by Crippen LogP contribution is -2.44. The second-order valence-corrected chi connectivity index (χ2v) is 5.17. The molecule has 2 aromatic heterocycles. The van der Waals surface area contributed by atoms with Crippen molar-refractivity contribution in [3.8, 4) is 0 Å². The van der Waals surface area contributed by atoms with E-state index in [-0.39, 0.29) is 11.9 Å². The van der Waals surface area contributed by atoms with Crippen molar-refractivity contribution in [3.63, 3.8) is 0 Å². The Balaban J connectivity index is 1.47. The minimum Gasteiger partial charge on any atom is -0.465 e. The van der Waals surface area contributed by atoms with Crippen LogP contribution in [-0.2, 0) is 4.79 Å². The number of carbonyl (C=O) groups is 1. The van der Waals surface area contributed by atoms with Gasteiger partial charge in [0.1, 0.15) is 5.76 Å². The number of furan rings is 1. The summed E-state index contributed by atoms with van der Waals surface area (Å²) in [4.78, 5) is 22.5. The molecule has 6 nitrogen and oxygen atoms in total. The Morgan fingerprint density at radius 3 is 2.73 bits per heavy atom. The number of nitrogens with one attached hydrogen (secondary N) is 1. The molecule has 2 aromatic rings. The van der Waals surface area contributed by atoms with Gasteiger partial charge in [-0.15, -0.1) is 0 Å². The summed E-state index contributed by atoms with van der Waals surface area (Å²) in [5.41, 5.74) is 0. The molecule has 1 saturated heterocycles. The molecular formula is C16H18N4O2. The van der Waals surface area contributed by atoms with E-state index in [1.54, 1.807) is 30.8 Å². The molecule has 0 aliphatic carbocycles. The lowest BCUT2D eigenvalue weighted by atomic mass is 10.1. The molecule has 0 atom stereocenters. The van der Waals surface area contributed by atoms with Crippen LogP contribution in [0.3, 0.4) is 0 Å². The molecular weight excluding hydrogens is 280 g/mol. The molecule has 0 unspecified atom stereocenters. The number of nitrogens with zero attached hydrogens (tertiary/aromatic N) is 3. The fraction of sp³-hybridized carbons (Fsp3) is 0.312. The van der Waals surface area contributed by atoms with E-state index in [9.17, 15) is 4.79 Å². The van der Waals surface area contributed by atoms with Gasteiger partial charge >= 0.3 is 0 Å². The average Bonchev–Trinajstić information content (AvgIpc) is 3.08. The topological polar surface area (TPSA) is 71.3 Å². The number of piperidine rings is 1. The third-order valence-corrected chi connectivity index (χ3v) is 3.62. The Hall–Kier alpha value is -2.63. The lowest BCUT2D eigenvalue weighted by molar-refractivity contribution is -0.117. The molecule has 1 aliphatic rings. The zero-order valence-corrected chi connectivity index (χ0v) is 12.2. The zero-order valence-electron chi connectivity index (χ0n) is 12.2. The van der Waals surface area contributed by atoms with Gasteiger partial charge in [0.15, 0.2) is 0 Å². The minimum atomic E-state index is -0.0918. The van der Waals surface area contributed by atoms with Crippen molar-refractivity contribution in [2.45, 2.75) is 18.9 Å². The molecule has 6 heteroatoms. The monoisotopic (exact) mass is 298 g/mol. The Morgan fingerprint density at radius 1 is 1.27 bits per heavy atom. The van der Waals surface area contributed by atoms with Crippen LogP contribution >= 0.6 is 0 Å². The largest absolute Gasteiger partial charge is 0.465 e. The van der Waals surface area contributed by atoms with E-state index in [0.29, 0.717) is 5.76 Å². The van der Waals surface area contributed by atoms with Crippen molar-refractivity contribution in [2.24, 2.45) is 0 Å². The predicted molar refractivity (Wildman–Crippen MR) is 83.2 cm³/mol. The summed E-state index contributed by atoms with van der Waals surface area (Å²) in [6.07, 6.45) is 10.0. The first-order valence-electron chi connectivity index (χ1n) is 7.35. The fourth-order valence-electron chi connectivity index (χ4n) is 2.47. The molecule has 1 amide bonds. The Bertz CT molecular complexity index is 617. The van der Waals surface area contributed by atoms with Crippen LogP contribution in [0.15, 0.2) is 47.3 Å². The molecule has 22 heavy (non-hydrogen) atoms. The van der Waals surface area contributed by atoms with Gasteiger partial charge in [-0.1, -0.05) is 0 Å². The standard InChI is InChI=1S/C16H18N4O2/c21-15(5-4-14-3-1-12-22-14)19-13-6-10-20(11-7-13)16-17-8-2-9-18-16/h1-5,8-9,12-13H,6-7,10-11H2,(H,19,21). The molecule has 1 N–H and O–H groups in total. The summed E-state index contributed by atoms with van der Waals surface area (Å²) in [7, 11) is 0. The Labute approximate surface area is 128 Å². The highest BCUT2D eigenvalue weighted by Gasteiger charge is 2.21. The molecule has 0 bridgehead atoms. The fourth-order valence-corrected chi connectivity index (χ4v) is 2.47. The van der Waals surface area contributed by atoms with Crippen molar-refractivity contribution in [3.05, 3.63) is 48.7 Å². The van der Waals surface area contributed by atoms with Gasteiger partial charge in [0.25, 0.3) is 0 Å². The van der Waals surface area contributed by atoms with E-state index in [2.05, 4.69) is 20.2 Å².